The Hall–Kier alpha value is -0.860. The summed E-state index contributed by atoms with van der Waals surface area (Å²) in [5.41, 5.74) is 7.12. The molecule has 1 aromatic carbocycles. The normalized spacial score (nSPS) is 23.7. The number of benzene rings is 1. The van der Waals surface area contributed by atoms with Crippen molar-refractivity contribution in [1.29, 1.82) is 0 Å². The van der Waals surface area contributed by atoms with E-state index in [0.29, 0.717) is 0 Å². The maximum Gasteiger partial charge on any atom is 0.0236 e. The van der Waals surface area contributed by atoms with Crippen molar-refractivity contribution in [3.8, 4) is 0 Å². The van der Waals surface area contributed by atoms with Crippen molar-refractivity contribution in [2.45, 2.75) is 51.6 Å². The molecule has 0 amide bonds. The molecule has 0 atom stereocenters. The third-order valence-electron chi connectivity index (χ3n) is 4.38. The average Bonchev–Trinajstić information content (AvgIpc) is 2.45. The zero-order valence-corrected chi connectivity index (χ0v) is 12.2. The highest BCUT2D eigenvalue weighted by Crippen LogP contribution is 2.28. The van der Waals surface area contributed by atoms with E-state index in [1.54, 1.807) is 0 Å². The molecular weight excluding hydrogens is 232 g/mol. The average molecular weight is 260 g/mol. The molecular formula is C17H28N2. The van der Waals surface area contributed by atoms with Gasteiger partial charge in [-0.25, -0.2) is 0 Å². The summed E-state index contributed by atoms with van der Waals surface area (Å²) in [6.07, 6.45) is 6.60. The second-order valence-electron chi connectivity index (χ2n) is 6.01. The number of hydrogen-bond donors (Lipinski definition) is 1. The zero-order chi connectivity index (χ0) is 13.5. The highest BCUT2D eigenvalue weighted by Gasteiger charge is 2.23. The standard InChI is InChI=1S/C17H28N2/c1-15-8-10-17(11-9-15)19(13-5-12-18)14-16-6-3-2-4-7-16/h2-4,6-7,15,17H,5,8-14,18H2,1H3. The molecule has 19 heavy (non-hydrogen) atoms. The lowest BCUT2D eigenvalue weighted by Crippen LogP contribution is -2.38. The Morgan fingerprint density at radius 2 is 1.79 bits per heavy atom. The van der Waals surface area contributed by atoms with E-state index < -0.39 is 0 Å². The quantitative estimate of drug-likeness (QED) is 0.849. The topological polar surface area (TPSA) is 29.3 Å². The monoisotopic (exact) mass is 260 g/mol. The van der Waals surface area contributed by atoms with Crippen LogP contribution in [0.3, 0.4) is 0 Å². The fraction of sp³-hybridized carbons (Fsp3) is 0.647. The van der Waals surface area contributed by atoms with Gasteiger partial charge in [-0.15, -0.1) is 0 Å². The van der Waals surface area contributed by atoms with Crippen LogP contribution in [0, 0.1) is 5.92 Å². The molecule has 0 bridgehead atoms. The third kappa shape index (κ3) is 4.63. The molecule has 1 fully saturated rings. The summed E-state index contributed by atoms with van der Waals surface area (Å²) in [7, 11) is 0. The molecule has 1 aromatic rings. The zero-order valence-electron chi connectivity index (χ0n) is 12.2. The van der Waals surface area contributed by atoms with Gasteiger partial charge in [0.15, 0.2) is 0 Å². The van der Waals surface area contributed by atoms with E-state index in [2.05, 4.69) is 42.2 Å². The molecule has 2 rings (SSSR count). The van der Waals surface area contributed by atoms with Gasteiger partial charge in [-0.1, -0.05) is 37.3 Å². The van der Waals surface area contributed by atoms with Gasteiger partial charge in [-0.3, -0.25) is 4.90 Å². The molecule has 0 aromatic heterocycles. The fourth-order valence-corrected chi connectivity index (χ4v) is 3.11. The molecule has 0 radical (unpaired) electrons. The van der Waals surface area contributed by atoms with Gasteiger partial charge < -0.3 is 5.73 Å². The summed E-state index contributed by atoms with van der Waals surface area (Å²) in [6, 6.07) is 11.6. The van der Waals surface area contributed by atoms with Crippen LogP contribution in [0.4, 0.5) is 0 Å². The number of hydrogen-bond acceptors (Lipinski definition) is 2. The minimum absolute atomic E-state index is 0.767. The first kappa shape index (κ1) is 14.5. The van der Waals surface area contributed by atoms with Gasteiger partial charge >= 0.3 is 0 Å². The molecule has 0 spiro atoms. The maximum absolute atomic E-state index is 5.70. The largest absolute Gasteiger partial charge is 0.330 e. The fourth-order valence-electron chi connectivity index (χ4n) is 3.11. The van der Waals surface area contributed by atoms with Gasteiger partial charge in [-0.05, 0) is 56.7 Å². The SMILES string of the molecule is CC1CCC(N(CCCN)Cc2ccccc2)CC1. The molecule has 1 aliphatic rings. The van der Waals surface area contributed by atoms with Crippen molar-refractivity contribution in [3.63, 3.8) is 0 Å². The molecule has 106 valence electrons. The van der Waals surface area contributed by atoms with Crippen molar-refractivity contribution < 1.29 is 0 Å². The molecule has 1 saturated carbocycles. The van der Waals surface area contributed by atoms with Crippen molar-refractivity contribution in [1.82, 2.24) is 4.90 Å². The third-order valence-corrected chi connectivity index (χ3v) is 4.38. The van der Waals surface area contributed by atoms with E-state index in [-0.39, 0.29) is 0 Å². The Labute approximate surface area is 118 Å². The first-order chi connectivity index (χ1) is 9.29. The van der Waals surface area contributed by atoms with Crippen LogP contribution in [-0.2, 0) is 6.54 Å². The second-order valence-corrected chi connectivity index (χ2v) is 6.01. The van der Waals surface area contributed by atoms with E-state index in [1.165, 1.54) is 31.2 Å². The van der Waals surface area contributed by atoms with Crippen LogP contribution in [0.25, 0.3) is 0 Å². The molecule has 2 N–H and O–H groups in total. The van der Waals surface area contributed by atoms with Crippen molar-refractivity contribution in [2.75, 3.05) is 13.1 Å². The lowest BCUT2D eigenvalue weighted by atomic mass is 9.86. The van der Waals surface area contributed by atoms with Gasteiger partial charge in [0.1, 0.15) is 0 Å². The smallest absolute Gasteiger partial charge is 0.0236 e. The predicted octanol–water partition coefficient (Wildman–Crippen LogP) is 3.42. The Morgan fingerprint density at radius 3 is 2.42 bits per heavy atom. The van der Waals surface area contributed by atoms with Gasteiger partial charge in [-0.2, -0.15) is 0 Å². The molecule has 0 saturated heterocycles. The molecule has 0 unspecified atom stereocenters. The van der Waals surface area contributed by atoms with Gasteiger partial charge in [0.05, 0.1) is 0 Å². The molecule has 0 aliphatic heterocycles. The summed E-state index contributed by atoms with van der Waals surface area (Å²) in [4.78, 5) is 2.66. The molecule has 0 heterocycles. The Balaban J connectivity index is 1.95. The second kappa shape index (κ2) is 7.66. The lowest BCUT2D eigenvalue weighted by molar-refractivity contribution is 0.131. The van der Waals surface area contributed by atoms with E-state index in [0.717, 1.165) is 38.0 Å². The molecule has 2 nitrogen and oxygen atoms in total. The van der Waals surface area contributed by atoms with E-state index in [1.807, 2.05) is 0 Å². The number of rotatable bonds is 6. The summed E-state index contributed by atoms with van der Waals surface area (Å²) in [5, 5.41) is 0. The van der Waals surface area contributed by atoms with E-state index in [4.69, 9.17) is 5.73 Å². The summed E-state index contributed by atoms with van der Waals surface area (Å²) in [6.45, 7) is 5.41. The van der Waals surface area contributed by atoms with Crippen LogP contribution < -0.4 is 5.73 Å². The van der Waals surface area contributed by atoms with Gasteiger partial charge in [0.25, 0.3) is 0 Å². The van der Waals surface area contributed by atoms with Crippen LogP contribution in [0.2, 0.25) is 0 Å². The molecule has 2 heteroatoms. The van der Waals surface area contributed by atoms with Gasteiger partial charge in [0.2, 0.25) is 0 Å². The molecule has 1 aliphatic carbocycles. The minimum Gasteiger partial charge on any atom is -0.330 e. The Morgan fingerprint density at radius 1 is 1.11 bits per heavy atom. The highest BCUT2D eigenvalue weighted by molar-refractivity contribution is 5.14. The van der Waals surface area contributed by atoms with Crippen LogP contribution in [0.15, 0.2) is 30.3 Å². The van der Waals surface area contributed by atoms with Crippen LogP contribution in [0.5, 0.6) is 0 Å². The number of nitrogens with zero attached hydrogens (tertiary/aromatic N) is 1. The Kier molecular flexibility index (Phi) is 5.87. The predicted molar refractivity (Wildman–Crippen MR) is 81.9 cm³/mol. The van der Waals surface area contributed by atoms with Crippen molar-refractivity contribution in [3.05, 3.63) is 35.9 Å². The summed E-state index contributed by atoms with van der Waals surface area (Å²) < 4.78 is 0. The maximum atomic E-state index is 5.70. The van der Waals surface area contributed by atoms with Crippen LogP contribution in [0.1, 0.15) is 44.6 Å². The van der Waals surface area contributed by atoms with Crippen LogP contribution in [-0.4, -0.2) is 24.0 Å². The van der Waals surface area contributed by atoms with Gasteiger partial charge in [0, 0.05) is 12.6 Å². The minimum atomic E-state index is 0.767. The first-order valence-electron chi connectivity index (χ1n) is 7.77. The number of nitrogens with two attached hydrogens (primary N) is 1. The van der Waals surface area contributed by atoms with E-state index >= 15 is 0 Å². The first-order valence-corrected chi connectivity index (χ1v) is 7.77. The summed E-state index contributed by atoms with van der Waals surface area (Å²) in [5.74, 6) is 0.921. The summed E-state index contributed by atoms with van der Waals surface area (Å²) >= 11 is 0. The van der Waals surface area contributed by atoms with Crippen LogP contribution >= 0.6 is 0 Å². The Bertz CT molecular complexity index is 342. The lowest BCUT2D eigenvalue weighted by Gasteiger charge is -2.36. The highest BCUT2D eigenvalue weighted by atomic mass is 15.2. The van der Waals surface area contributed by atoms with Crippen molar-refractivity contribution >= 4 is 0 Å². The van der Waals surface area contributed by atoms with E-state index in [9.17, 15) is 0 Å². The van der Waals surface area contributed by atoms with Crippen molar-refractivity contribution in [2.24, 2.45) is 11.7 Å².